The summed E-state index contributed by atoms with van der Waals surface area (Å²) in [6, 6.07) is 6.68. The van der Waals surface area contributed by atoms with Crippen LogP contribution in [0.15, 0.2) is 29.2 Å². The van der Waals surface area contributed by atoms with Crippen LogP contribution in [-0.4, -0.2) is 44.8 Å². The van der Waals surface area contributed by atoms with Crippen molar-refractivity contribution in [3.63, 3.8) is 0 Å². The normalized spacial score (nSPS) is 16.4. The Hall–Kier alpha value is -1.15. The summed E-state index contributed by atoms with van der Waals surface area (Å²) >= 11 is 0. The predicted molar refractivity (Wildman–Crippen MR) is 115 cm³/mol. The van der Waals surface area contributed by atoms with Gasteiger partial charge in [0.25, 0.3) is 0 Å². The highest BCUT2D eigenvalue weighted by Crippen LogP contribution is 2.21. The van der Waals surface area contributed by atoms with Gasteiger partial charge < -0.3 is 10.6 Å². The van der Waals surface area contributed by atoms with Crippen molar-refractivity contribution in [1.82, 2.24) is 14.9 Å². The number of nitrogens with one attached hydrogen (secondary N) is 2. The number of hydrogen-bond acceptors (Lipinski definition) is 4. The molecule has 1 unspecified atom stereocenters. The van der Waals surface area contributed by atoms with E-state index in [1.807, 2.05) is 20.8 Å². The molecule has 1 atom stereocenters. The maximum atomic E-state index is 12.5. The zero-order valence-corrected chi connectivity index (χ0v) is 18.7. The van der Waals surface area contributed by atoms with E-state index in [4.69, 9.17) is 0 Å². The van der Waals surface area contributed by atoms with Crippen molar-refractivity contribution in [3.05, 3.63) is 29.8 Å². The predicted octanol–water partition coefficient (Wildman–Crippen LogP) is 3.10. The van der Waals surface area contributed by atoms with E-state index in [2.05, 4.69) is 10.6 Å². The van der Waals surface area contributed by atoms with E-state index in [1.165, 1.54) is 4.31 Å². The zero-order chi connectivity index (χ0) is 19.9. The van der Waals surface area contributed by atoms with E-state index in [1.54, 1.807) is 24.3 Å². The van der Waals surface area contributed by atoms with Crippen LogP contribution in [0.1, 0.15) is 58.1 Å². The first kappa shape index (κ1) is 24.9. The molecule has 1 fully saturated rings. The molecule has 1 aromatic carbocycles. The molecule has 1 aromatic rings. The molecular weight excluding hydrogens is 398 g/mol. The van der Waals surface area contributed by atoms with E-state index < -0.39 is 10.0 Å². The van der Waals surface area contributed by atoms with Gasteiger partial charge in [-0.05, 0) is 62.9 Å². The standard InChI is InChI=1S/C20H33N3O3S.ClH/c1-4-23(5-2)27(25,26)19-9-7-18(8-10-19)16(3)22-20(24)11-6-17-12-14-21-15-13-17;/h7-10,16-17,21H,4-6,11-15H2,1-3H3,(H,22,24);1H. The maximum Gasteiger partial charge on any atom is 0.243 e. The molecule has 1 aliphatic heterocycles. The minimum absolute atomic E-state index is 0. The van der Waals surface area contributed by atoms with E-state index in [0.29, 0.717) is 30.3 Å². The molecule has 1 heterocycles. The summed E-state index contributed by atoms with van der Waals surface area (Å²) in [5, 5.41) is 6.36. The van der Waals surface area contributed by atoms with Gasteiger partial charge in [0.2, 0.25) is 15.9 Å². The second-order valence-electron chi connectivity index (χ2n) is 7.18. The number of piperidine rings is 1. The van der Waals surface area contributed by atoms with Gasteiger partial charge in [0.15, 0.2) is 0 Å². The third-order valence-corrected chi connectivity index (χ3v) is 7.40. The van der Waals surface area contributed by atoms with Gasteiger partial charge in [0, 0.05) is 19.5 Å². The molecule has 1 aliphatic rings. The molecule has 2 N–H and O–H groups in total. The van der Waals surface area contributed by atoms with Crippen LogP contribution in [0.5, 0.6) is 0 Å². The van der Waals surface area contributed by atoms with E-state index >= 15 is 0 Å². The Morgan fingerprint density at radius 2 is 1.75 bits per heavy atom. The molecule has 0 aromatic heterocycles. The molecular formula is C20H34ClN3O3S. The Kier molecular flexibility index (Phi) is 10.4. The number of carbonyl (C=O) groups is 1. The lowest BCUT2D eigenvalue weighted by atomic mass is 9.93. The molecule has 0 bridgehead atoms. The lowest BCUT2D eigenvalue weighted by Gasteiger charge is -2.22. The molecule has 8 heteroatoms. The molecule has 160 valence electrons. The Bertz CT molecular complexity index is 700. The number of halogens is 1. The number of carbonyl (C=O) groups excluding carboxylic acids is 1. The summed E-state index contributed by atoms with van der Waals surface area (Å²) < 4.78 is 26.5. The topological polar surface area (TPSA) is 78.5 Å². The average molecular weight is 432 g/mol. The van der Waals surface area contributed by atoms with Crippen LogP contribution >= 0.6 is 12.4 Å². The van der Waals surface area contributed by atoms with E-state index in [-0.39, 0.29) is 24.4 Å². The molecule has 2 rings (SSSR count). The van der Waals surface area contributed by atoms with Crippen LogP contribution in [0.2, 0.25) is 0 Å². The van der Waals surface area contributed by atoms with Gasteiger partial charge in [-0.25, -0.2) is 8.42 Å². The molecule has 0 aliphatic carbocycles. The minimum Gasteiger partial charge on any atom is -0.350 e. The van der Waals surface area contributed by atoms with Crippen molar-refractivity contribution < 1.29 is 13.2 Å². The fourth-order valence-electron chi connectivity index (χ4n) is 3.54. The van der Waals surface area contributed by atoms with Crippen molar-refractivity contribution in [2.75, 3.05) is 26.2 Å². The number of nitrogens with zero attached hydrogens (tertiary/aromatic N) is 1. The Morgan fingerprint density at radius 1 is 1.18 bits per heavy atom. The quantitative estimate of drug-likeness (QED) is 0.629. The van der Waals surface area contributed by atoms with Crippen LogP contribution in [0.4, 0.5) is 0 Å². The van der Waals surface area contributed by atoms with Crippen LogP contribution in [-0.2, 0) is 14.8 Å². The molecule has 6 nitrogen and oxygen atoms in total. The zero-order valence-electron chi connectivity index (χ0n) is 17.1. The first-order valence-corrected chi connectivity index (χ1v) is 11.4. The summed E-state index contributed by atoms with van der Waals surface area (Å²) in [6.07, 6.45) is 3.77. The van der Waals surface area contributed by atoms with Gasteiger partial charge >= 0.3 is 0 Å². The molecule has 28 heavy (non-hydrogen) atoms. The van der Waals surface area contributed by atoms with Crippen molar-refractivity contribution in [1.29, 1.82) is 0 Å². The molecule has 0 radical (unpaired) electrons. The van der Waals surface area contributed by atoms with Gasteiger partial charge in [-0.3, -0.25) is 4.79 Å². The number of hydrogen-bond donors (Lipinski definition) is 2. The number of amides is 1. The van der Waals surface area contributed by atoms with Gasteiger partial charge in [-0.15, -0.1) is 12.4 Å². The highest BCUT2D eigenvalue weighted by Gasteiger charge is 2.22. The van der Waals surface area contributed by atoms with Gasteiger partial charge in [0.1, 0.15) is 0 Å². The lowest BCUT2D eigenvalue weighted by Crippen LogP contribution is -2.31. The summed E-state index contributed by atoms with van der Waals surface area (Å²) in [5.74, 6) is 0.692. The molecule has 1 amide bonds. The largest absolute Gasteiger partial charge is 0.350 e. The lowest BCUT2D eigenvalue weighted by molar-refractivity contribution is -0.122. The Balaban J connectivity index is 0.00000392. The number of rotatable bonds is 9. The van der Waals surface area contributed by atoms with E-state index in [9.17, 15) is 13.2 Å². The van der Waals surface area contributed by atoms with Gasteiger partial charge in [0.05, 0.1) is 10.9 Å². The molecule has 1 saturated heterocycles. The third kappa shape index (κ3) is 6.72. The Morgan fingerprint density at radius 3 is 2.29 bits per heavy atom. The average Bonchev–Trinajstić information content (AvgIpc) is 2.68. The minimum atomic E-state index is -3.45. The first-order valence-electron chi connectivity index (χ1n) is 9.98. The van der Waals surface area contributed by atoms with Crippen LogP contribution in [0.25, 0.3) is 0 Å². The van der Waals surface area contributed by atoms with Crippen molar-refractivity contribution >= 4 is 28.3 Å². The monoisotopic (exact) mass is 431 g/mol. The molecule has 0 saturated carbocycles. The van der Waals surface area contributed by atoms with Crippen LogP contribution in [0, 0.1) is 5.92 Å². The maximum absolute atomic E-state index is 12.5. The smallest absolute Gasteiger partial charge is 0.243 e. The molecule has 0 spiro atoms. The fraction of sp³-hybridized carbons (Fsp3) is 0.650. The SMILES string of the molecule is CCN(CC)S(=O)(=O)c1ccc(C(C)NC(=O)CCC2CCNCC2)cc1.Cl. The summed E-state index contributed by atoms with van der Waals surface area (Å²) in [5.41, 5.74) is 0.906. The van der Waals surface area contributed by atoms with Crippen molar-refractivity contribution in [2.24, 2.45) is 5.92 Å². The van der Waals surface area contributed by atoms with Crippen molar-refractivity contribution in [3.8, 4) is 0 Å². The Labute approximate surface area is 175 Å². The highest BCUT2D eigenvalue weighted by molar-refractivity contribution is 7.89. The van der Waals surface area contributed by atoms with Gasteiger partial charge in [-0.1, -0.05) is 26.0 Å². The van der Waals surface area contributed by atoms with Crippen LogP contribution < -0.4 is 10.6 Å². The summed E-state index contributed by atoms with van der Waals surface area (Å²) in [4.78, 5) is 12.5. The summed E-state index contributed by atoms with van der Waals surface area (Å²) in [6.45, 7) is 8.58. The van der Waals surface area contributed by atoms with Crippen molar-refractivity contribution in [2.45, 2.75) is 57.4 Å². The second kappa shape index (κ2) is 11.8. The second-order valence-corrected chi connectivity index (χ2v) is 9.12. The van der Waals surface area contributed by atoms with Crippen LogP contribution in [0.3, 0.4) is 0 Å². The number of benzene rings is 1. The first-order chi connectivity index (χ1) is 12.9. The summed E-state index contributed by atoms with van der Waals surface area (Å²) in [7, 11) is -3.45. The van der Waals surface area contributed by atoms with Gasteiger partial charge in [-0.2, -0.15) is 4.31 Å². The van der Waals surface area contributed by atoms with E-state index in [0.717, 1.165) is 37.9 Å². The fourth-order valence-corrected chi connectivity index (χ4v) is 5.00. The highest BCUT2D eigenvalue weighted by atomic mass is 35.5. The number of sulfonamides is 1. The third-order valence-electron chi connectivity index (χ3n) is 5.34.